The maximum Gasteiger partial charge on any atom is 0.271 e. The number of hydrogen-bond donors (Lipinski definition) is 6. The van der Waals surface area contributed by atoms with Crippen LogP contribution in [0.15, 0.2) is 52.8 Å². The number of aliphatic hydroxyl groups is 2. The van der Waals surface area contributed by atoms with E-state index in [4.69, 9.17) is 10.5 Å². The maximum absolute atomic E-state index is 13.9. The molecule has 3 aromatic carbocycles. The molecule has 0 aliphatic heterocycles. The van der Waals surface area contributed by atoms with Gasteiger partial charge in [0.1, 0.15) is 23.0 Å². The first-order valence-electron chi connectivity index (χ1n) is 12.8. The third kappa shape index (κ3) is 4.28. The molecule has 0 fully saturated rings. The van der Waals surface area contributed by atoms with E-state index in [-0.39, 0.29) is 46.8 Å². The molecule has 0 bridgehead atoms. The number of carbonyl (C=O) groups is 3. The van der Waals surface area contributed by atoms with Gasteiger partial charge in [-0.2, -0.15) is 5.10 Å². The molecule has 0 unspecified atom stereocenters. The lowest BCUT2D eigenvalue weighted by atomic mass is 9.61. The summed E-state index contributed by atoms with van der Waals surface area (Å²) in [6.07, 6.45) is -0.115. The molecule has 0 heterocycles. The maximum atomic E-state index is 13.9. The van der Waals surface area contributed by atoms with Crippen LogP contribution in [0.1, 0.15) is 44.3 Å². The number of aryl methyl sites for hydroxylation is 2. The summed E-state index contributed by atoms with van der Waals surface area (Å²) < 4.78 is 5.07. The Hall–Kier alpha value is -4.45. The average Bonchev–Trinajstić information content (AvgIpc) is 2.96. The van der Waals surface area contributed by atoms with Crippen molar-refractivity contribution < 1.29 is 39.5 Å². The molecule has 0 spiro atoms. The van der Waals surface area contributed by atoms with E-state index in [1.165, 1.54) is 26.2 Å². The summed E-state index contributed by atoms with van der Waals surface area (Å²) in [5.74, 6) is -4.93. The van der Waals surface area contributed by atoms with Crippen LogP contribution in [0.4, 0.5) is 0 Å². The Morgan fingerprint density at radius 1 is 1.07 bits per heavy atom. The largest absolute Gasteiger partial charge is 0.508 e. The molecule has 0 radical (unpaired) electrons. The minimum absolute atomic E-state index is 0. The van der Waals surface area contributed by atoms with Crippen molar-refractivity contribution in [1.29, 1.82) is 0 Å². The molecule has 5 rings (SSSR count). The number of hydrogen-bond acceptors (Lipinski definition) is 10. The van der Waals surface area contributed by atoms with Gasteiger partial charge in [0.15, 0.2) is 11.4 Å². The van der Waals surface area contributed by atoms with Gasteiger partial charge in [0.05, 0.1) is 35.4 Å². The summed E-state index contributed by atoms with van der Waals surface area (Å²) in [5, 5.41) is 49.4. The summed E-state index contributed by atoms with van der Waals surface area (Å²) in [5.41, 5.74) is 6.53. The van der Waals surface area contributed by atoms with Crippen LogP contribution in [0.5, 0.6) is 17.2 Å². The van der Waals surface area contributed by atoms with Gasteiger partial charge < -0.3 is 30.9 Å². The molecule has 0 saturated carbocycles. The third-order valence-electron chi connectivity index (χ3n) is 8.17. The quantitative estimate of drug-likeness (QED) is 0.194. The number of ketones is 2. The number of carbonyl (C=O) groups excluding carboxylic acids is 3. The number of benzene rings is 3. The van der Waals surface area contributed by atoms with Gasteiger partial charge in [-0.1, -0.05) is 12.1 Å². The zero-order valence-electron chi connectivity index (χ0n) is 23.2. The number of halogens is 1. The number of nitrogens with two attached hydrogens (primary N) is 1. The van der Waals surface area contributed by atoms with Crippen LogP contribution in [0.2, 0.25) is 0 Å². The lowest BCUT2D eigenvalue weighted by Gasteiger charge is -2.45. The Labute approximate surface area is 246 Å². The number of phenols is 2. The van der Waals surface area contributed by atoms with Crippen molar-refractivity contribution in [3.8, 4) is 17.2 Å². The number of fused-ring (bicyclic) bond motifs is 3. The van der Waals surface area contributed by atoms with Crippen LogP contribution < -0.4 is 15.9 Å². The average molecular weight is 596 g/mol. The minimum atomic E-state index is -2.68. The number of aliphatic hydroxyl groups excluding tert-OH is 1. The Balaban J connectivity index is 0.00000405. The fourth-order valence-corrected chi connectivity index (χ4v) is 5.77. The summed E-state index contributed by atoms with van der Waals surface area (Å²) in [6, 6.07) is 8.10. The molecule has 0 saturated heterocycles. The van der Waals surface area contributed by atoms with Crippen LogP contribution >= 0.6 is 12.4 Å². The molecule has 12 heteroatoms. The fraction of sp³-hybridized carbons (Fsp3) is 0.267. The Kier molecular flexibility index (Phi) is 7.81. The van der Waals surface area contributed by atoms with Gasteiger partial charge in [-0.05, 0) is 73.5 Å². The first-order valence-corrected chi connectivity index (χ1v) is 12.8. The number of amides is 1. The van der Waals surface area contributed by atoms with E-state index < -0.39 is 52.1 Å². The molecule has 0 aromatic heterocycles. The van der Waals surface area contributed by atoms with E-state index in [0.29, 0.717) is 27.8 Å². The zero-order valence-corrected chi connectivity index (χ0v) is 24.0. The number of hydrazone groups is 1. The first-order chi connectivity index (χ1) is 19.3. The number of nitrogens with zero attached hydrogens (tertiary/aromatic N) is 1. The first kappa shape index (κ1) is 30.5. The summed E-state index contributed by atoms with van der Waals surface area (Å²) in [4.78, 5) is 39.9. The highest BCUT2D eigenvalue weighted by Gasteiger charge is 2.60. The third-order valence-corrected chi connectivity index (χ3v) is 8.17. The molecular formula is C30H30ClN3O8. The molecule has 7 N–H and O–H groups in total. The van der Waals surface area contributed by atoms with Crippen molar-refractivity contribution in [2.75, 3.05) is 7.11 Å². The van der Waals surface area contributed by atoms with Crippen molar-refractivity contribution in [1.82, 2.24) is 5.43 Å². The molecule has 11 nitrogen and oxygen atoms in total. The summed E-state index contributed by atoms with van der Waals surface area (Å²) in [6.45, 7) is 4.65. The molecule has 3 atom stereocenters. The second-order valence-electron chi connectivity index (χ2n) is 10.4. The number of aromatic hydroxyl groups is 2. The smallest absolute Gasteiger partial charge is 0.271 e. The van der Waals surface area contributed by atoms with E-state index in [0.717, 1.165) is 0 Å². The highest BCUT2D eigenvalue weighted by molar-refractivity contribution is 6.27. The normalized spacial score (nSPS) is 21.9. The predicted octanol–water partition coefficient (Wildman–Crippen LogP) is 2.91. The van der Waals surface area contributed by atoms with Crippen LogP contribution in [-0.2, 0) is 11.2 Å². The van der Waals surface area contributed by atoms with Crippen LogP contribution in [-0.4, -0.2) is 62.4 Å². The van der Waals surface area contributed by atoms with E-state index in [1.54, 1.807) is 38.1 Å². The van der Waals surface area contributed by atoms with E-state index in [9.17, 15) is 34.8 Å². The van der Waals surface area contributed by atoms with Crippen molar-refractivity contribution in [2.45, 2.75) is 38.8 Å². The van der Waals surface area contributed by atoms with Gasteiger partial charge in [0.25, 0.3) is 5.91 Å². The number of ether oxygens (including phenoxy) is 1. The summed E-state index contributed by atoms with van der Waals surface area (Å²) >= 11 is 0. The number of Topliss-reactive ketones (excluding diaryl/α,β-unsaturated/α-hetero) is 2. The molecule has 2 aliphatic rings. The molecular weight excluding hydrogens is 566 g/mol. The number of rotatable bonds is 4. The predicted molar refractivity (Wildman–Crippen MR) is 157 cm³/mol. The van der Waals surface area contributed by atoms with Crippen LogP contribution in [0.25, 0.3) is 10.8 Å². The lowest BCUT2D eigenvalue weighted by molar-refractivity contribution is -0.122. The van der Waals surface area contributed by atoms with Crippen molar-refractivity contribution in [3.63, 3.8) is 0 Å². The SMILES string of the molecule is COc1ccc(C(=O)N/N=C(\C)C2=C(O)[C@@]3(O)C(=O)c4c(c(C)c5ccc(C)c(O)c5c4O)C[C@H]3[C@@H](N)C2=O)cc1.Cl. The molecule has 3 aromatic rings. The second-order valence-corrected chi connectivity index (χ2v) is 10.4. The zero-order chi connectivity index (χ0) is 30.0. The Morgan fingerprint density at radius 3 is 2.33 bits per heavy atom. The second kappa shape index (κ2) is 10.8. The van der Waals surface area contributed by atoms with Gasteiger partial charge in [-0.3, -0.25) is 14.4 Å². The van der Waals surface area contributed by atoms with E-state index >= 15 is 0 Å². The Morgan fingerprint density at radius 2 is 1.71 bits per heavy atom. The van der Waals surface area contributed by atoms with Gasteiger partial charge in [0.2, 0.25) is 5.78 Å². The van der Waals surface area contributed by atoms with Gasteiger partial charge in [-0.25, -0.2) is 5.43 Å². The summed E-state index contributed by atoms with van der Waals surface area (Å²) in [7, 11) is 1.48. The highest BCUT2D eigenvalue weighted by Crippen LogP contribution is 2.50. The number of phenolic OH excluding ortho intramolecular Hbond substituents is 2. The Bertz CT molecular complexity index is 1730. The van der Waals surface area contributed by atoms with Crippen molar-refractivity contribution in [2.24, 2.45) is 16.8 Å². The van der Waals surface area contributed by atoms with Crippen molar-refractivity contribution in [3.05, 3.63) is 75.5 Å². The number of methoxy groups -OCH3 is 1. The topological polar surface area (TPSA) is 192 Å². The van der Waals surface area contributed by atoms with E-state index in [2.05, 4.69) is 10.5 Å². The number of nitrogens with one attached hydrogen (secondary N) is 1. The molecule has 220 valence electrons. The van der Waals surface area contributed by atoms with E-state index in [1.807, 2.05) is 0 Å². The fourth-order valence-electron chi connectivity index (χ4n) is 5.77. The molecule has 1 amide bonds. The standard InChI is InChI=1S/C30H29N3O8.ClH/c1-12-5-10-17-13(2)18-11-19-23(31)26(36)20(14(3)32-33-29(39)15-6-8-16(41-4)9-7-15)27(37)30(19,40)28(38)22(18)25(35)21(17)24(12)34;/h5-10,19,23,34-35,37,40H,11,31H2,1-4H3,(H,33,39);1H/b32-14+;/t19-,23+,30+;/m0./s1. The van der Waals surface area contributed by atoms with Crippen LogP contribution in [0, 0.1) is 19.8 Å². The van der Waals surface area contributed by atoms with Gasteiger partial charge in [-0.15, -0.1) is 12.4 Å². The van der Waals surface area contributed by atoms with Crippen molar-refractivity contribution >= 4 is 46.4 Å². The molecule has 42 heavy (non-hydrogen) atoms. The van der Waals surface area contributed by atoms with Gasteiger partial charge >= 0.3 is 0 Å². The minimum Gasteiger partial charge on any atom is -0.508 e. The monoisotopic (exact) mass is 595 g/mol. The van der Waals surface area contributed by atoms with Gasteiger partial charge in [0, 0.05) is 11.5 Å². The lowest BCUT2D eigenvalue weighted by Crippen LogP contribution is -2.63. The molecule has 2 aliphatic carbocycles. The van der Waals surface area contributed by atoms with Crippen LogP contribution in [0.3, 0.4) is 0 Å². The highest BCUT2D eigenvalue weighted by atomic mass is 35.5.